The second kappa shape index (κ2) is 9.55. The molecule has 1 aromatic carbocycles. The van der Waals surface area contributed by atoms with E-state index in [1.54, 1.807) is 36.9 Å². The number of piperidine rings is 1. The Morgan fingerprint density at radius 2 is 2.06 bits per heavy atom. The zero-order valence-corrected chi connectivity index (χ0v) is 18.5. The number of aliphatic imine (C=N–C) groups is 1. The summed E-state index contributed by atoms with van der Waals surface area (Å²) < 4.78 is 5.00. The van der Waals surface area contributed by atoms with Gasteiger partial charge in [-0.15, -0.1) is 0 Å². The van der Waals surface area contributed by atoms with Crippen LogP contribution in [0.4, 0.5) is 4.79 Å². The number of carbonyl (C=O) groups excluding carboxylic acids is 3. The molecule has 1 saturated heterocycles. The summed E-state index contributed by atoms with van der Waals surface area (Å²) in [5.41, 5.74) is 5.57. The second-order valence-electron chi connectivity index (χ2n) is 7.97. The summed E-state index contributed by atoms with van der Waals surface area (Å²) in [6.45, 7) is 4.97. The lowest BCUT2D eigenvalue weighted by molar-refractivity contribution is -0.135. The molecular formula is C21H28ClN5O4. The number of hydrogen-bond acceptors (Lipinski definition) is 6. The van der Waals surface area contributed by atoms with Crippen molar-refractivity contribution in [2.24, 2.45) is 10.7 Å². The van der Waals surface area contributed by atoms with Gasteiger partial charge in [0.1, 0.15) is 5.54 Å². The van der Waals surface area contributed by atoms with Gasteiger partial charge in [0.15, 0.2) is 5.96 Å². The highest BCUT2D eigenvalue weighted by Gasteiger charge is 2.45. The lowest BCUT2D eigenvalue weighted by atomic mass is 9.96. The average molecular weight is 450 g/mol. The molecule has 0 saturated carbocycles. The number of benzene rings is 1. The summed E-state index contributed by atoms with van der Waals surface area (Å²) in [4.78, 5) is 44.7. The van der Waals surface area contributed by atoms with Crippen molar-refractivity contribution in [2.75, 3.05) is 19.7 Å². The van der Waals surface area contributed by atoms with Gasteiger partial charge in [-0.1, -0.05) is 23.7 Å². The summed E-state index contributed by atoms with van der Waals surface area (Å²) in [6.07, 6.45) is 0.820. The smallest absolute Gasteiger partial charge is 0.409 e. The maximum Gasteiger partial charge on any atom is 0.409 e. The highest BCUT2D eigenvalue weighted by atomic mass is 35.5. The van der Waals surface area contributed by atoms with Crippen LogP contribution in [0, 0.1) is 0 Å². The molecule has 3 N–H and O–H groups in total. The number of halogens is 1. The van der Waals surface area contributed by atoms with Crippen LogP contribution in [0.25, 0.3) is 0 Å². The molecule has 168 valence electrons. The Labute approximate surface area is 186 Å². The first kappa shape index (κ1) is 22.9. The topological polar surface area (TPSA) is 117 Å². The number of likely N-dealkylation sites (tertiary alicyclic amines) is 1. The van der Waals surface area contributed by atoms with E-state index in [-0.39, 0.29) is 42.9 Å². The zero-order chi connectivity index (χ0) is 22.6. The first-order valence-electron chi connectivity index (χ1n) is 10.3. The third-order valence-electron chi connectivity index (χ3n) is 5.46. The van der Waals surface area contributed by atoms with Crippen LogP contribution in [0.1, 0.15) is 38.7 Å². The number of nitrogens with two attached hydrogens (primary N) is 1. The van der Waals surface area contributed by atoms with E-state index in [9.17, 15) is 14.4 Å². The number of hydrogen-bond donors (Lipinski definition) is 2. The molecule has 1 aromatic rings. The van der Waals surface area contributed by atoms with Crippen LogP contribution in [0.3, 0.4) is 0 Å². The molecule has 0 radical (unpaired) electrons. The molecule has 10 heteroatoms. The molecule has 2 aliphatic heterocycles. The van der Waals surface area contributed by atoms with Gasteiger partial charge in [-0.05, 0) is 44.4 Å². The Morgan fingerprint density at radius 3 is 2.71 bits per heavy atom. The number of nitrogens with zero attached hydrogens (tertiary/aromatic N) is 3. The minimum atomic E-state index is -1.25. The monoisotopic (exact) mass is 449 g/mol. The largest absolute Gasteiger partial charge is 0.450 e. The predicted molar refractivity (Wildman–Crippen MR) is 116 cm³/mol. The number of amides is 3. The van der Waals surface area contributed by atoms with Crippen molar-refractivity contribution >= 4 is 35.5 Å². The van der Waals surface area contributed by atoms with Crippen LogP contribution in [-0.4, -0.2) is 64.9 Å². The van der Waals surface area contributed by atoms with E-state index in [0.717, 1.165) is 5.56 Å². The average Bonchev–Trinajstić information content (AvgIpc) is 2.91. The number of guanidine groups is 1. The molecule has 0 aromatic heterocycles. The Kier molecular flexibility index (Phi) is 7.04. The van der Waals surface area contributed by atoms with Gasteiger partial charge in [-0.2, -0.15) is 0 Å². The molecule has 2 aliphatic rings. The number of ether oxygens (including phenoxy) is 1. The normalized spacial score (nSPS) is 21.8. The third kappa shape index (κ3) is 5.46. The van der Waals surface area contributed by atoms with Crippen LogP contribution in [0.2, 0.25) is 5.02 Å². The fraction of sp³-hybridized carbons (Fsp3) is 0.524. The van der Waals surface area contributed by atoms with E-state index in [0.29, 0.717) is 37.6 Å². The quantitative estimate of drug-likeness (QED) is 0.687. The minimum absolute atomic E-state index is 0.0674. The van der Waals surface area contributed by atoms with Crippen molar-refractivity contribution in [3.05, 3.63) is 34.9 Å². The molecule has 31 heavy (non-hydrogen) atoms. The van der Waals surface area contributed by atoms with Crippen LogP contribution >= 0.6 is 11.6 Å². The van der Waals surface area contributed by atoms with Crippen molar-refractivity contribution in [1.82, 2.24) is 15.1 Å². The minimum Gasteiger partial charge on any atom is -0.450 e. The fourth-order valence-electron chi connectivity index (χ4n) is 3.85. The Morgan fingerprint density at radius 1 is 1.35 bits per heavy atom. The second-order valence-corrected chi connectivity index (χ2v) is 8.41. The third-order valence-corrected chi connectivity index (χ3v) is 5.70. The maximum absolute atomic E-state index is 13.0. The lowest BCUT2D eigenvalue weighted by Gasteiger charge is -2.32. The molecule has 1 fully saturated rings. The van der Waals surface area contributed by atoms with E-state index in [1.165, 1.54) is 4.90 Å². The van der Waals surface area contributed by atoms with E-state index < -0.39 is 5.54 Å². The van der Waals surface area contributed by atoms with Crippen molar-refractivity contribution in [3.63, 3.8) is 0 Å². The summed E-state index contributed by atoms with van der Waals surface area (Å²) in [7, 11) is 0. The van der Waals surface area contributed by atoms with Gasteiger partial charge in [-0.25, -0.2) is 9.79 Å². The molecule has 3 rings (SSSR count). The number of carbonyl (C=O) groups is 3. The van der Waals surface area contributed by atoms with Crippen molar-refractivity contribution in [3.8, 4) is 0 Å². The molecule has 0 aliphatic carbocycles. The van der Waals surface area contributed by atoms with Crippen LogP contribution < -0.4 is 11.1 Å². The van der Waals surface area contributed by atoms with Gasteiger partial charge in [0.25, 0.3) is 5.91 Å². The molecule has 3 amide bonds. The van der Waals surface area contributed by atoms with Gasteiger partial charge >= 0.3 is 6.09 Å². The SMILES string of the molecule is CCOC(=O)N1CCC(NC(=O)CC2(C)N=C(N)N(Cc3cccc(Cl)c3)C2=O)CC1. The van der Waals surface area contributed by atoms with Crippen molar-refractivity contribution < 1.29 is 19.1 Å². The van der Waals surface area contributed by atoms with Gasteiger partial charge in [0.2, 0.25) is 5.91 Å². The van der Waals surface area contributed by atoms with Gasteiger partial charge in [-0.3, -0.25) is 14.5 Å². The van der Waals surface area contributed by atoms with E-state index >= 15 is 0 Å². The van der Waals surface area contributed by atoms with Crippen molar-refractivity contribution in [2.45, 2.75) is 51.2 Å². The van der Waals surface area contributed by atoms with Gasteiger partial charge < -0.3 is 20.7 Å². The van der Waals surface area contributed by atoms with Crippen LogP contribution in [-0.2, 0) is 20.9 Å². The number of nitrogens with one attached hydrogen (secondary N) is 1. The fourth-order valence-corrected chi connectivity index (χ4v) is 4.07. The van der Waals surface area contributed by atoms with Crippen molar-refractivity contribution in [1.29, 1.82) is 0 Å². The maximum atomic E-state index is 13.0. The van der Waals surface area contributed by atoms with Crippen LogP contribution in [0.5, 0.6) is 0 Å². The lowest BCUT2D eigenvalue weighted by Crippen LogP contribution is -2.49. The Bertz CT molecular complexity index is 884. The number of rotatable bonds is 6. The van der Waals surface area contributed by atoms with Gasteiger partial charge in [0, 0.05) is 24.2 Å². The van der Waals surface area contributed by atoms with E-state index in [1.807, 2.05) is 6.07 Å². The zero-order valence-electron chi connectivity index (χ0n) is 17.8. The first-order chi connectivity index (χ1) is 14.7. The standard InChI is InChI=1S/C21H28ClN5O4/c1-3-31-20(30)26-9-7-16(8-10-26)24-17(28)12-21(2)18(29)27(19(23)25-21)13-14-5-4-6-15(22)11-14/h4-6,11,16H,3,7-10,12-13H2,1-2H3,(H2,23,25)(H,24,28). The summed E-state index contributed by atoms with van der Waals surface area (Å²) in [5, 5.41) is 3.52. The van der Waals surface area contributed by atoms with E-state index in [2.05, 4.69) is 10.3 Å². The highest BCUT2D eigenvalue weighted by Crippen LogP contribution is 2.27. The van der Waals surface area contributed by atoms with Crippen LogP contribution in [0.15, 0.2) is 29.3 Å². The highest BCUT2D eigenvalue weighted by molar-refractivity contribution is 6.30. The molecule has 0 spiro atoms. The molecule has 0 bridgehead atoms. The summed E-state index contributed by atoms with van der Waals surface area (Å²) in [5.74, 6) is -0.508. The molecule has 2 heterocycles. The Hall–Kier alpha value is -2.81. The molecule has 9 nitrogen and oxygen atoms in total. The molecule has 1 atom stereocenters. The molecule has 1 unspecified atom stereocenters. The van der Waals surface area contributed by atoms with Gasteiger partial charge in [0.05, 0.1) is 19.6 Å². The molecular weight excluding hydrogens is 422 g/mol. The van der Waals surface area contributed by atoms with E-state index in [4.69, 9.17) is 22.1 Å². The summed E-state index contributed by atoms with van der Waals surface area (Å²) in [6, 6.07) is 7.08. The first-order valence-corrected chi connectivity index (χ1v) is 10.7. The predicted octanol–water partition coefficient (Wildman–Crippen LogP) is 1.88. The Balaban J connectivity index is 1.54. The summed E-state index contributed by atoms with van der Waals surface area (Å²) >= 11 is 6.02.